The number of nitrogens with one attached hydrogen (secondary N) is 2. The molecule has 0 spiro atoms. The van der Waals surface area contributed by atoms with Crippen LogP contribution in [0.2, 0.25) is 0 Å². The summed E-state index contributed by atoms with van der Waals surface area (Å²) in [5.41, 5.74) is 0. The van der Waals surface area contributed by atoms with Gasteiger partial charge in [0, 0.05) is 31.7 Å². The van der Waals surface area contributed by atoms with Crippen LogP contribution < -0.4 is 10.6 Å². The fraction of sp³-hybridized carbons (Fsp3) is 1.00. The Kier molecular flexibility index (Phi) is 5.53. The van der Waals surface area contributed by atoms with Gasteiger partial charge in [-0.1, -0.05) is 0 Å². The first kappa shape index (κ1) is 12.9. The van der Waals surface area contributed by atoms with E-state index in [2.05, 4.69) is 29.4 Å². The zero-order valence-corrected chi connectivity index (χ0v) is 10.2. The van der Waals surface area contributed by atoms with Gasteiger partial charge in [0.05, 0.1) is 6.10 Å². The van der Waals surface area contributed by atoms with Gasteiger partial charge in [0.1, 0.15) is 0 Å². The number of hydrogen-bond acceptors (Lipinski definition) is 4. The zero-order chi connectivity index (χ0) is 11.3. The Morgan fingerprint density at radius 1 is 1.53 bits per heavy atom. The Morgan fingerprint density at radius 2 is 2.27 bits per heavy atom. The monoisotopic (exact) mass is 215 g/mol. The summed E-state index contributed by atoms with van der Waals surface area (Å²) in [6, 6.07) is 0.789. The summed E-state index contributed by atoms with van der Waals surface area (Å²) in [5.74, 6) is 0. The molecular formula is C11H25N3O. The van der Waals surface area contributed by atoms with E-state index in [1.54, 1.807) is 0 Å². The van der Waals surface area contributed by atoms with E-state index in [4.69, 9.17) is 0 Å². The first-order valence-corrected chi connectivity index (χ1v) is 5.95. The van der Waals surface area contributed by atoms with E-state index in [9.17, 15) is 5.11 Å². The predicted molar refractivity (Wildman–Crippen MR) is 63.1 cm³/mol. The molecule has 4 heteroatoms. The van der Waals surface area contributed by atoms with Gasteiger partial charge in [-0.2, -0.15) is 0 Å². The lowest BCUT2D eigenvalue weighted by atomic mass is 10.1. The fourth-order valence-electron chi connectivity index (χ4n) is 2.01. The maximum absolute atomic E-state index is 9.74. The standard InChI is InChI=1S/C11H25N3O/c1-9(2)14(7-6-12-3)8-10-11(15)4-5-13-10/h9-13,15H,4-8H2,1-3H3. The van der Waals surface area contributed by atoms with Crippen molar-refractivity contribution in [2.75, 3.05) is 33.2 Å². The molecule has 0 aromatic heterocycles. The highest BCUT2D eigenvalue weighted by molar-refractivity contribution is 4.86. The van der Waals surface area contributed by atoms with Crippen molar-refractivity contribution in [2.45, 2.75) is 38.5 Å². The van der Waals surface area contributed by atoms with Crippen LogP contribution in [0.15, 0.2) is 0 Å². The molecule has 0 bridgehead atoms. The minimum Gasteiger partial charge on any atom is -0.391 e. The molecule has 0 aliphatic carbocycles. The molecular weight excluding hydrogens is 190 g/mol. The Bertz CT molecular complexity index is 175. The average molecular weight is 215 g/mol. The lowest BCUT2D eigenvalue weighted by molar-refractivity contribution is 0.119. The quantitative estimate of drug-likeness (QED) is 0.566. The molecule has 0 aromatic rings. The van der Waals surface area contributed by atoms with Gasteiger partial charge in [0.2, 0.25) is 0 Å². The first-order chi connectivity index (χ1) is 7.15. The summed E-state index contributed by atoms with van der Waals surface area (Å²) in [4.78, 5) is 2.41. The summed E-state index contributed by atoms with van der Waals surface area (Å²) in [5, 5.41) is 16.3. The first-order valence-electron chi connectivity index (χ1n) is 5.95. The summed E-state index contributed by atoms with van der Waals surface area (Å²) in [6.45, 7) is 8.35. The molecule has 15 heavy (non-hydrogen) atoms. The van der Waals surface area contributed by atoms with Crippen LogP contribution >= 0.6 is 0 Å². The number of aliphatic hydroxyl groups is 1. The van der Waals surface area contributed by atoms with Gasteiger partial charge in [0.25, 0.3) is 0 Å². The molecule has 0 aromatic carbocycles. The van der Waals surface area contributed by atoms with Crippen molar-refractivity contribution in [2.24, 2.45) is 0 Å². The molecule has 0 saturated carbocycles. The van der Waals surface area contributed by atoms with Crippen molar-refractivity contribution in [3.63, 3.8) is 0 Å². The fourth-order valence-corrected chi connectivity index (χ4v) is 2.01. The molecule has 1 heterocycles. The second-order valence-electron chi connectivity index (χ2n) is 4.61. The van der Waals surface area contributed by atoms with Gasteiger partial charge in [-0.25, -0.2) is 0 Å². The summed E-state index contributed by atoms with van der Waals surface area (Å²) < 4.78 is 0. The molecule has 3 N–H and O–H groups in total. The molecule has 2 unspecified atom stereocenters. The molecule has 0 radical (unpaired) electrons. The van der Waals surface area contributed by atoms with E-state index in [1.807, 2.05) is 7.05 Å². The average Bonchev–Trinajstić information content (AvgIpc) is 2.58. The second-order valence-corrected chi connectivity index (χ2v) is 4.61. The third-order valence-corrected chi connectivity index (χ3v) is 3.12. The second kappa shape index (κ2) is 6.43. The van der Waals surface area contributed by atoms with Gasteiger partial charge < -0.3 is 15.7 Å². The SMILES string of the molecule is CNCCN(CC1NCCC1O)C(C)C. The summed E-state index contributed by atoms with van der Waals surface area (Å²) in [6.07, 6.45) is 0.726. The van der Waals surface area contributed by atoms with E-state index in [-0.39, 0.29) is 12.1 Å². The van der Waals surface area contributed by atoms with Gasteiger partial charge in [-0.05, 0) is 33.9 Å². The highest BCUT2D eigenvalue weighted by Gasteiger charge is 2.26. The van der Waals surface area contributed by atoms with E-state index in [0.29, 0.717) is 6.04 Å². The van der Waals surface area contributed by atoms with E-state index in [1.165, 1.54) is 0 Å². The third kappa shape index (κ3) is 4.07. The Labute approximate surface area is 93.0 Å². The smallest absolute Gasteiger partial charge is 0.0717 e. The number of nitrogens with zero attached hydrogens (tertiary/aromatic N) is 1. The summed E-state index contributed by atoms with van der Waals surface area (Å²) in [7, 11) is 1.97. The largest absolute Gasteiger partial charge is 0.391 e. The molecule has 90 valence electrons. The molecule has 1 aliphatic heterocycles. The molecule has 4 nitrogen and oxygen atoms in total. The maximum atomic E-state index is 9.74. The Balaban J connectivity index is 2.35. The molecule has 1 fully saturated rings. The van der Waals surface area contributed by atoms with Crippen molar-refractivity contribution in [1.82, 2.24) is 15.5 Å². The number of rotatable bonds is 6. The summed E-state index contributed by atoms with van der Waals surface area (Å²) >= 11 is 0. The minimum atomic E-state index is -0.166. The molecule has 2 atom stereocenters. The lowest BCUT2D eigenvalue weighted by Crippen LogP contribution is -2.47. The Hall–Kier alpha value is -0.160. The van der Waals surface area contributed by atoms with Crippen molar-refractivity contribution in [3.05, 3.63) is 0 Å². The van der Waals surface area contributed by atoms with Crippen molar-refractivity contribution < 1.29 is 5.11 Å². The molecule has 1 aliphatic rings. The van der Waals surface area contributed by atoms with Crippen molar-refractivity contribution in [1.29, 1.82) is 0 Å². The van der Waals surface area contributed by atoms with Gasteiger partial charge in [-0.3, -0.25) is 4.90 Å². The van der Waals surface area contributed by atoms with Gasteiger partial charge >= 0.3 is 0 Å². The topological polar surface area (TPSA) is 47.5 Å². The van der Waals surface area contributed by atoms with Crippen molar-refractivity contribution >= 4 is 0 Å². The van der Waals surface area contributed by atoms with Gasteiger partial charge in [0.15, 0.2) is 0 Å². The minimum absolute atomic E-state index is 0.166. The normalized spacial score (nSPS) is 26.8. The number of hydrogen-bond donors (Lipinski definition) is 3. The van der Waals surface area contributed by atoms with Crippen LogP contribution in [0.1, 0.15) is 20.3 Å². The van der Waals surface area contributed by atoms with E-state index < -0.39 is 0 Å². The maximum Gasteiger partial charge on any atom is 0.0717 e. The molecule has 1 saturated heterocycles. The predicted octanol–water partition coefficient (Wildman–Crippen LogP) is -0.361. The Morgan fingerprint density at radius 3 is 2.73 bits per heavy atom. The number of likely N-dealkylation sites (N-methyl/N-ethyl adjacent to an activating group) is 1. The van der Waals surface area contributed by atoms with Crippen LogP contribution in [0.5, 0.6) is 0 Å². The molecule has 1 rings (SSSR count). The highest BCUT2D eigenvalue weighted by atomic mass is 16.3. The highest BCUT2D eigenvalue weighted by Crippen LogP contribution is 2.09. The van der Waals surface area contributed by atoms with Crippen LogP contribution in [0.25, 0.3) is 0 Å². The van der Waals surface area contributed by atoms with E-state index >= 15 is 0 Å². The van der Waals surface area contributed by atoms with Crippen LogP contribution in [-0.4, -0.2) is 61.4 Å². The third-order valence-electron chi connectivity index (χ3n) is 3.12. The van der Waals surface area contributed by atoms with Crippen LogP contribution in [0, 0.1) is 0 Å². The van der Waals surface area contributed by atoms with Crippen LogP contribution in [0.3, 0.4) is 0 Å². The van der Waals surface area contributed by atoms with Crippen LogP contribution in [-0.2, 0) is 0 Å². The van der Waals surface area contributed by atoms with Crippen LogP contribution in [0.4, 0.5) is 0 Å². The van der Waals surface area contributed by atoms with E-state index in [0.717, 1.165) is 32.6 Å². The lowest BCUT2D eigenvalue weighted by Gasteiger charge is -2.30. The molecule has 0 amide bonds. The number of aliphatic hydroxyl groups excluding tert-OH is 1. The zero-order valence-electron chi connectivity index (χ0n) is 10.2. The van der Waals surface area contributed by atoms with Crippen molar-refractivity contribution in [3.8, 4) is 0 Å². The van der Waals surface area contributed by atoms with Gasteiger partial charge in [-0.15, -0.1) is 0 Å².